The minimum atomic E-state index is -0.926. The quantitative estimate of drug-likeness (QED) is 0.594. The molecule has 0 unspecified atom stereocenters. The topological polar surface area (TPSA) is 71.0 Å². The van der Waals surface area contributed by atoms with Gasteiger partial charge in [0.1, 0.15) is 35.5 Å². The molecule has 2 bridgehead atoms. The van der Waals surface area contributed by atoms with Crippen molar-refractivity contribution in [3.05, 3.63) is 23.8 Å². The molecular formula is C26H34F3N5O3. The lowest BCUT2D eigenvalue weighted by Gasteiger charge is -2.47. The summed E-state index contributed by atoms with van der Waals surface area (Å²) in [7, 11) is 1.82. The number of alkyl halides is 1. The van der Waals surface area contributed by atoms with E-state index in [1.807, 2.05) is 44.5 Å². The van der Waals surface area contributed by atoms with E-state index < -0.39 is 28.9 Å². The van der Waals surface area contributed by atoms with Crippen molar-refractivity contribution in [1.29, 1.82) is 0 Å². The molecule has 0 saturated carbocycles. The number of anilines is 1. The van der Waals surface area contributed by atoms with E-state index >= 15 is 0 Å². The maximum absolute atomic E-state index is 14.9. The van der Waals surface area contributed by atoms with Gasteiger partial charge in [0, 0.05) is 37.1 Å². The number of likely N-dealkylation sites (tertiary alicyclic amines) is 1. The normalized spacial score (nSPS) is 28.3. The minimum absolute atomic E-state index is 0.0448. The standard InChI is InChI=1S/C26H34F3N5O3/c1-25(2,3)37-24(35)34-17-6-7-26(34,4)14-33(12-17)22-19-9-15(27)10-20(29)21(19)30-23(31-22)36-13-18-8-16(28)11-32(18)5/h9-10,16-18H,6-8,11-14H2,1-5H3/t16-,17-,18+,26+/m1/s1. The van der Waals surface area contributed by atoms with Crippen LogP contribution in [0.1, 0.15) is 47.0 Å². The van der Waals surface area contributed by atoms with Crippen LogP contribution in [0.25, 0.3) is 10.9 Å². The number of fused-ring (bicyclic) bond motifs is 3. The first kappa shape index (κ1) is 25.8. The summed E-state index contributed by atoms with van der Waals surface area (Å²) >= 11 is 0. The second-order valence-electron chi connectivity index (χ2n) is 11.8. The molecule has 0 N–H and O–H groups in total. The Bertz CT molecular complexity index is 1210. The highest BCUT2D eigenvalue weighted by Crippen LogP contribution is 2.42. The third-order valence-corrected chi connectivity index (χ3v) is 7.54. The predicted molar refractivity (Wildman–Crippen MR) is 133 cm³/mol. The van der Waals surface area contributed by atoms with Gasteiger partial charge in [-0.3, -0.25) is 9.80 Å². The average Bonchev–Trinajstić information content (AvgIpc) is 3.21. The minimum Gasteiger partial charge on any atom is -0.462 e. The van der Waals surface area contributed by atoms with E-state index in [2.05, 4.69) is 9.97 Å². The highest BCUT2D eigenvalue weighted by atomic mass is 19.1. The fourth-order valence-electron chi connectivity index (χ4n) is 5.87. The van der Waals surface area contributed by atoms with E-state index in [4.69, 9.17) is 9.47 Å². The number of amides is 1. The zero-order valence-corrected chi connectivity index (χ0v) is 21.9. The Morgan fingerprint density at radius 1 is 1.22 bits per heavy atom. The van der Waals surface area contributed by atoms with Gasteiger partial charge < -0.3 is 14.4 Å². The highest BCUT2D eigenvalue weighted by molar-refractivity contribution is 5.90. The largest absolute Gasteiger partial charge is 0.462 e. The molecule has 0 radical (unpaired) electrons. The van der Waals surface area contributed by atoms with Gasteiger partial charge >= 0.3 is 12.1 Å². The molecule has 4 heterocycles. The van der Waals surface area contributed by atoms with Crippen LogP contribution in [-0.4, -0.2) is 88.5 Å². The van der Waals surface area contributed by atoms with E-state index in [-0.39, 0.29) is 41.7 Å². The van der Waals surface area contributed by atoms with Gasteiger partial charge in [-0.05, 0) is 60.1 Å². The lowest BCUT2D eigenvalue weighted by molar-refractivity contribution is -0.00280. The van der Waals surface area contributed by atoms with Crippen molar-refractivity contribution < 1.29 is 27.4 Å². The molecule has 2 aromatic rings. The summed E-state index contributed by atoms with van der Waals surface area (Å²) < 4.78 is 54.5. The molecule has 3 saturated heterocycles. The zero-order chi connectivity index (χ0) is 26.7. The summed E-state index contributed by atoms with van der Waals surface area (Å²) in [4.78, 5) is 27.5. The number of ether oxygens (including phenoxy) is 2. The van der Waals surface area contributed by atoms with E-state index in [0.717, 1.165) is 18.9 Å². The summed E-state index contributed by atoms with van der Waals surface area (Å²) in [5, 5.41) is 0.236. The maximum Gasteiger partial charge on any atom is 0.411 e. The molecule has 37 heavy (non-hydrogen) atoms. The summed E-state index contributed by atoms with van der Waals surface area (Å²) in [6, 6.07) is 1.67. The predicted octanol–water partition coefficient (Wildman–Crippen LogP) is 4.31. The molecular weight excluding hydrogens is 487 g/mol. The SMILES string of the molecule is CN1C[C@H](F)C[C@H]1COc1nc(N2C[C@H]3CC[C@@](C)(C2)N3C(=O)OC(C)(C)C)c2cc(F)cc(F)c2n1. The van der Waals surface area contributed by atoms with Crippen molar-refractivity contribution in [2.24, 2.45) is 0 Å². The third kappa shape index (κ3) is 5.02. The smallest absolute Gasteiger partial charge is 0.411 e. The molecule has 5 rings (SSSR count). The Morgan fingerprint density at radius 2 is 1.97 bits per heavy atom. The second kappa shape index (κ2) is 9.18. The molecule has 11 heteroatoms. The first-order valence-corrected chi connectivity index (χ1v) is 12.7. The fourth-order valence-corrected chi connectivity index (χ4v) is 5.87. The van der Waals surface area contributed by atoms with E-state index in [1.54, 1.807) is 4.90 Å². The Labute approximate surface area is 214 Å². The van der Waals surface area contributed by atoms with Crippen LogP contribution >= 0.6 is 0 Å². The average molecular weight is 522 g/mol. The van der Waals surface area contributed by atoms with E-state index in [1.165, 1.54) is 6.07 Å². The zero-order valence-electron chi connectivity index (χ0n) is 21.9. The lowest BCUT2D eigenvalue weighted by Crippen LogP contribution is -2.63. The van der Waals surface area contributed by atoms with Crippen molar-refractivity contribution >= 4 is 22.8 Å². The summed E-state index contributed by atoms with van der Waals surface area (Å²) in [6.07, 6.45) is 0.589. The Balaban J connectivity index is 1.46. The van der Waals surface area contributed by atoms with Crippen LogP contribution in [0.3, 0.4) is 0 Å². The van der Waals surface area contributed by atoms with Crippen LogP contribution in [0.4, 0.5) is 23.8 Å². The van der Waals surface area contributed by atoms with Crippen molar-refractivity contribution in [3.8, 4) is 6.01 Å². The molecule has 1 aromatic heterocycles. The number of likely N-dealkylation sites (N-methyl/N-ethyl adjacent to an activating group) is 1. The molecule has 4 atom stereocenters. The van der Waals surface area contributed by atoms with Crippen LogP contribution < -0.4 is 9.64 Å². The Hall–Kier alpha value is -2.82. The number of hydrogen-bond donors (Lipinski definition) is 0. The van der Waals surface area contributed by atoms with Gasteiger partial charge in [-0.2, -0.15) is 9.97 Å². The van der Waals surface area contributed by atoms with Crippen molar-refractivity contribution in [2.45, 2.75) is 76.4 Å². The molecule has 0 spiro atoms. The molecule has 1 amide bonds. The van der Waals surface area contributed by atoms with Crippen LogP contribution in [0, 0.1) is 11.6 Å². The first-order chi connectivity index (χ1) is 17.3. The molecule has 8 nitrogen and oxygen atoms in total. The molecule has 1 aromatic carbocycles. The lowest BCUT2D eigenvalue weighted by atomic mass is 9.97. The second-order valence-corrected chi connectivity index (χ2v) is 11.8. The Kier molecular flexibility index (Phi) is 6.40. The molecule has 202 valence electrons. The number of rotatable bonds is 4. The van der Waals surface area contributed by atoms with Gasteiger partial charge in [-0.15, -0.1) is 0 Å². The number of halogens is 3. The summed E-state index contributed by atoms with van der Waals surface area (Å²) in [5.41, 5.74) is -1.21. The van der Waals surface area contributed by atoms with Gasteiger partial charge in [0.05, 0.1) is 11.6 Å². The van der Waals surface area contributed by atoms with Gasteiger partial charge in [-0.1, -0.05) is 0 Å². The number of hydrogen-bond acceptors (Lipinski definition) is 7. The van der Waals surface area contributed by atoms with Gasteiger partial charge in [0.25, 0.3) is 0 Å². The number of nitrogens with zero attached hydrogens (tertiary/aromatic N) is 5. The monoisotopic (exact) mass is 521 g/mol. The van der Waals surface area contributed by atoms with Crippen LogP contribution in [-0.2, 0) is 4.74 Å². The van der Waals surface area contributed by atoms with E-state index in [0.29, 0.717) is 31.9 Å². The number of aromatic nitrogens is 2. The van der Waals surface area contributed by atoms with Crippen LogP contribution in [0.5, 0.6) is 6.01 Å². The van der Waals surface area contributed by atoms with Crippen LogP contribution in [0.2, 0.25) is 0 Å². The fraction of sp³-hybridized carbons (Fsp3) is 0.654. The highest BCUT2D eigenvalue weighted by Gasteiger charge is 2.52. The van der Waals surface area contributed by atoms with Crippen molar-refractivity contribution in [3.63, 3.8) is 0 Å². The van der Waals surface area contributed by atoms with E-state index in [9.17, 15) is 18.0 Å². The number of carbonyl (C=O) groups is 1. The number of piperazine rings is 1. The van der Waals surface area contributed by atoms with Gasteiger partial charge in [0.15, 0.2) is 5.82 Å². The summed E-state index contributed by atoms with van der Waals surface area (Å²) in [5.74, 6) is -1.19. The van der Waals surface area contributed by atoms with Gasteiger partial charge in [0.2, 0.25) is 0 Å². The van der Waals surface area contributed by atoms with Crippen LogP contribution in [0.15, 0.2) is 12.1 Å². The Morgan fingerprint density at radius 3 is 2.62 bits per heavy atom. The maximum atomic E-state index is 14.9. The van der Waals surface area contributed by atoms with Gasteiger partial charge in [-0.25, -0.2) is 18.0 Å². The number of carbonyl (C=O) groups excluding carboxylic acids is 1. The number of benzene rings is 1. The summed E-state index contributed by atoms with van der Waals surface area (Å²) in [6.45, 7) is 8.80. The third-order valence-electron chi connectivity index (χ3n) is 7.54. The van der Waals surface area contributed by atoms with Crippen molar-refractivity contribution in [1.82, 2.24) is 19.8 Å². The van der Waals surface area contributed by atoms with Crippen molar-refractivity contribution in [2.75, 3.05) is 38.2 Å². The molecule has 0 aliphatic carbocycles. The molecule has 3 fully saturated rings. The first-order valence-electron chi connectivity index (χ1n) is 12.7. The molecule has 3 aliphatic rings. The molecule has 3 aliphatic heterocycles.